The number of allylic oxidation sites excluding steroid dienone is 1. The molecule has 0 amide bonds. The monoisotopic (exact) mass is 284 g/mol. The summed E-state index contributed by atoms with van der Waals surface area (Å²) in [6.07, 6.45) is 7.05. The lowest BCUT2D eigenvalue weighted by Gasteiger charge is -2.09. The highest BCUT2D eigenvalue weighted by Crippen LogP contribution is 2.16. The first kappa shape index (κ1) is 14.8. The van der Waals surface area contributed by atoms with Gasteiger partial charge in [-0.05, 0) is 31.5 Å². The average molecular weight is 284 g/mol. The fraction of sp³-hybridized carbons (Fsp3) is 0.333. The van der Waals surface area contributed by atoms with Gasteiger partial charge in [-0.25, -0.2) is 0 Å². The van der Waals surface area contributed by atoms with Crippen LogP contribution in [0.1, 0.15) is 12.5 Å². The normalized spacial score (nSPS) is 12.8. The number of rotatable bonds is 5. The zero-order valence-corrected chi connectivity index (χ0v) is 12.0. The lowest BCUT2D eigenvalue weighted by atomic mass is 10.2. The molecule has 1 aromatic heterocycles. The predicted octanol–water partition coefficient (Wildman–Crippen LogP) is 2.56. The fourth-order valence-corrected chi connectivity index (χ4v) is 1.82. The SMILES string of the molecule is C=CCn1c(O)c(C=CC(C)SC)c(=O)[nH]c1=S. The molecule has 98 valence electrons. The Morgan fingerprint density at radius 3 is 2.89 bits per heavy atom. The number of aromatic nitrogens is 2. The molecule has 0 aliphatic rings. The van der Waals surface area contributed by atoms with E-state index in [1.807, 2.05) is 19.3 Å². The predicted molar refractivity (Wildman–Crippen MR) is 79.8 cm³/mol. The van der Waals surface area contributed by atoms with Crippen molar-refractivity contribution in [1.82, 2.24) is 9.55 Å². The molecule has 0 fully saturated rings. The number of hydrogen-bond acceptors (Lipinski definition) is 4. The second-order valence-corrected chi connectivity index (χ2v) is 5.30. The van der Waals surface area contributed by atoms with Crippen LogP contribution in [0.2, 0.25) is 0 Å². The van der Waals surface area contributed by atoms with Gasteiger partial charge in [0.05, 0.1) is 5.56 Å². The topological polar surface area (TPSA) is 58.0 Å². The standard InChI is InChI=1S/C12H16N2O2S2/c1-4-7-14-11(16)9(6-5-8(2)18-3)10(15)13-12(14)17/h4-6,8,16H,1,7H2,2-3H3,(H,13,15,17). The summed E-state index contributed by atoms with van der Waals surface area (Å²) in [7, 11) is 0. The van der Waals surface area contributed by atoms with Crippen molar-refractivity contribution < 1.29 is 5.11 Å². The van der Waals surface area contributed by atoms with E-state index in [0.29, 0.717) is 6.54 Å². The molecule has 18 heavy (non-hydrogen) atoms. The molecule has 6 heteroatoms. The number of aromatic amines is 1. The molecular weight excluding hydrogens is 268 g/mol. The summed E-state index contributed by atoms with van der Waals surface area (Å²) in [5.74, 6) is -0.131. The Bertz CT molecular complexity index is 572. The van der Waals surface area contributed by atoms with E-state index in [9.17, 15) is 9.90 Å². The molecule has 0 radical (unpaired) electrons. The maximum absolute atomic E-state index is 11.7. The van der Waals surface area contributed by atoms with E-state index >= 15 is 0 Å². The summed E-state index contributed by atoms with van der Waals surface area (Å²) in [6, 6.07) is 0. The van der Waals surface area contributed by atoms with Gasteiger partial charge in [0.25, 0.3) is 5.56 Å². The van der Waals surface area contributed by atoms with Gasteiger partial charge in [0, 0.05) is 11.8 Å². The van der Waals surface area contributed by atoms with Crippen molar-refractivity contribution in [2.75, 3.05) is 6.26 Å². The molecule has 1 aromatic rings. The Morgan fingerprint density at radius 1 is 1.67 bits per heavy atom. The Hall–Kier alpha value is -1.27. The van der Waals surface area contributed by atoms with E-state index < -0.39 is 0 Å². The molecule has 0 saturated heterocycles. The van der Waals surface area contributed by atoms with Crippen LogP contribution in [0, 0.1) is 4.77 Å². The van der Waals surface area contributed by atoms with Crippen LogP contribution in [0.5, 0.6) is 5.88 Å². The van der Waals surface area contributed by atoms with Crippen molar-refractivity contribution in [2.45, 2.75) is 18.7 Å². The number of nitrogens with one attached hydrogen (secondary N) is 1. The molecule has 0 aliphatic heterocycles. The van der Waals surface area contributed by atoms with Gasteiger partial charge in [-0.1, -0.05) is 12.2 Å². The van der Waals surface area contributed by atoms with E-state index in [-0.39, 0.29) is 27.0 Å². The van der Waals surface area contributed by atoms with Crippen molar-refractivity contribution in [3.8, 4) is 5.88 Å². The van der Waals surface area contributed by atoms with E-state index in [1.165, 1.54) is 4.57 Å². The fourth-order valence-electron chi connectivity index (χ4n) is 1.33. The molecule has 2 N–H and O–H groups in total. The van der Waals surface area contributed by atoms with Crippen LogP contribution in [-0.4, -0.2) is 26.2 Å². The maximum Gasteiger partial charge on any atom is 0.262 e. The minimum absolute atomic E-state index is 0.131. The summed E-state index contributed by atoms with van der Waals surface area (Å²) in [6.45, 7) is 5.94. The van der Waals surface area contributed by atoms with Crippen LogP contribution >= 0.6 is 24.0 Å². The smallest absolute Gasteiger partial charge is 0.262 e. The first-order valence-electron chi connectivity index (χ1n) is 5.39. The van der Waals surface area contributed by atoms with Crippen molar-refractivity contribution in [2.24, 2.45) is 0 Å². The molecule has 4 nitrogen and oxygen atoms in total. The number of nitrogens with zero attached hydrogens (tertiary/aromatic N) is 1. The zero-order chi connectivity index (χ0) is 13.7. The Balaban J connectivity index is 3.32. The van der Waals surface area contributed by atoms with Crippen LogP contribution in [-0.2, 0) is 6.54 Å². The maximum atomic E-state index is 11.7. The average Bonchev–Trinajstić information content (AvgIpc) is 2.33. The van der Waals surface area contributed by atoms with Crippen LogP contribution in [0.15, 0.2) is 23.5 Å². The van der Waals surface area contributed by atoms with E-state index in [0.717, 1.165) is 0 Å². The van der Waals surface area contributed by atoms with Gasteiger partial charge >= 0.3 is 0 Å². The quantitative estimate of drug-likeness (QED) is 0.644. The molecule has 0 aromatic carbocycles. The van der Waals surface area contributed by atoms with Gasteiger partial charge in [-0.2, -0.15) is 11.8 Å². The molecule has 0 saturated carbocycles. The van der Waals surface area contributed by atoms with Crippen molar-refractivity contribution in [3.05, 3.63) is 39.4 Å². The highest BCUT2D eigenvalue weighted by atomic mass is 32.2. The van der Waals surface area contributed by atoms with Gasteiger partial charge in [0.1, 0.15) is 0 Å². The van der Waals surface area contributed by atoms with Crippen LogP contribution in [0.25, 0.3) is 6.08 Å². The molecule has 1 atom stereocenters. The largest absolute Gasteiger partial charge is 0.494 e. The third kappa shape index (κ3) is 3.36. The van der Waals surface area contributed by atoms with E-state index in [1.54, 1.807) is 23.9 Å². The summed E-state index contributed by atoms with van der Waals surface area (Å²) in [5, 5.41) is 10.3. The first-order chi connectivity index (χ1) is 8.51. The summed E-state index contributed by atoms with van der Waals surface area (Å²) >= 11 is 6.63. The number of H-pyrrole nitrogens is 1. The van der Waals surface area contributed by atoms with Crippen LogP contribution < -0.4 is 5.56 Å². The van der Waals surface area contributed by atoms with Crippen LogP contribution in [0.3, 0.4) is 0 Å². The second-order valence-electron chi connectivity index (χ2n) is 3.70. The molecule has 0 bridgehead atoms. The lowest BCUT2D eigenvalue weighted by molar-refractivity contribution is 0.412. The zero-order valence-electron chi connectivity index (χ0n) is 10.3. The summed E-state index contributed by atoms with van der Waals surface area (Å²) in [4.78, 5) is 14.3. The summed E-state index contributed by atoms with van der Waals surface area (Å²) < 4.78 is 1.61. The number of thioether (sulfide) groups is 1. The van der Waals surface area contributed by atoms with Gasteiger partial charge in [-0.15, -0.1) is 6.58 Å². The number of hydrogen-bond donors (Lipinski definition) is 2. The third-order valence-corrected chi connectivity index (χ3v) is 3.65. The van der Waals surface area contributed by atoms with E-state index in [4.69, 9.17) is 12.2 Å². The Kier molecular flexibility index (Phi) is 5.43. The van der Waals surface area contributed by atoms with Gasteiger partial charge in [-0.3, -0.25) is 14.3 Å². The number of aromatic hydroxyl groups is 1. The Morgan fingerprint density at radius 2 is 2.33 bits per heavy atom. The van der Waals surface area contributed by atoms with Crippen LogP contribution in [0.4, 0.5) is 0 Å². The van der Waals surface area contributed by atoms with Gasteiger partial charge in [0.2, 0.25) is 5.88 Å². The molecule has 1 heterocycles. The lowest BCUT2D eigenvalue weighted by Crippen LogP contribution is -2.16. The highest BCUT2D eigenvalue weighted by molar-refractivity contribution is 7.99. The van der Waals surface area contributed by atoms with Crippen molar-refractivity contribution in [3.63, 3.8) is 0 Å². The van der Waals surface area contributed by atoms with Gasteiger partial charge in [0.15, 0.2) is 4.77 Å². The minimum atomic E-state index is -0.387. The Labute approximate surface area is 115 Å². The molecular formula is C12H16N2O2S2. The third-order valence-electron chi connectivity index (χ3n) is 2.42. The van der Waals surface area contributed by atoms with E-state index in [2.05, 4.69) is 11.6 Å². The minimum Gasteiger partial charge on any atom is -0.494 e. The van der Waals surface area contributed by atoms with Crippen molar-refractivity contribution in [1.29, 1.82) is 0 Å². The highest BCUT2D eigenvalue weighted by Gasteiger charge is 2.09. The molecule has 0 aliphatic carbocycles. The summed E-state index contributed by atoms with van der Waals surface area (Å²) in [5.41, 5.74) is -0.172. The molecule has 1 rings (SSSR count). The van der Waals surface area contributed by atoms with Crippen molar-refractivity contribution >= 4 is 30.1 Å². The van der Waals surface area contributed by atoms with Gasteiger partial charge < -0.3 is 5.11 Å². The first-order valence-corrected chi connectivity index (χ1v) is 7.08. The molecule has 0 spiro atoms. The molecule has 1 unspecified atom stereocenters. The second kappa shape index (κ2) is 6.61.